The van der Waals surface area contributed by atoms with Crippen molar-refractivity contribution in [3.05, 3.63) is 178 Å². The molecule has 2 aliphatic heterocycles. The van der Waals surface area contributed by atoms with E-state index in [4.69, 9.17) is 14.4 Å². The summed E-state index contributed by atoms with van der Waals surface area (Å²) in [4.78, 5) is 31.5. The Morgan fingerprint density at radius 2 is 0.870 bits per heavy atom. The van der Waals surface area contributed by atoms with Crippen LogP contribution >= 0.6 is 0 Å². The molecule has 4 aromatic heterocycles. The first kappa shape index (κ1) is 31.4. The monoisotopic (exact) mass is 696 g/mol. The van der Waals surface area contributed by atoms with Gasteiger partial charge in [0.2, 0.25) is 0 Å². The molecule has 6 heterocycles. The lowest BCUT2D eigenvalue weighted by atomic mass is 9.99. The van der Waals surface area contributed by atoms with Crippen molar-refractivity contribution in [2.24, 2.45) is 0 Å². The largest absolute Gasteiger partial charge is 0.423 e. The van der Waals surface area contributed by atoms with Crippen LogP contribution in [0.1, 0.15) is 28.3 Å². The van der Waals surface area contributed by atoms with Gasteiger partial charge in [0.05, 0.1) is 22.8 Å². The van der Waals surface area contributed by atoms with Gasteiger partial charge in [0.25, 0.3) is 0 Å². The summed E-state index contributed by atoms with van der Waals surface area (Å²) in [7, 11) is 0. The number of benzene rings is 4. The van der Waals surface area contributed by atoms with Crippen molar-refractivity contribution < 1.29 is 4.42 Å². The van der Waals surface area contributed by atoms with Crippen LogP contribution in [0, 0.1) is 6.92 Å². The van der Waals surface area contributed by atoms with Crippen molar-refractivity contribution >= 4 is 57.3 Å². The van der Waals surface area contributed by atoms with Gasteiger partial charge in [-0.25, -0.2) is 14.8 Å². The zero-order chi connectivity index (χ0) is 36.2. The lowest BCUT2D eigenvalue weighted by Gasteiger charge is -2.09. The minimum absolute atomic E-state index is 0.424. The Kier molecular flexibility index (Phi) is 7.40. The summed E-state index contributed by atoms with van der Waals surface area (Å²) in [5, 5.41) is 0.824. The second-order valence-electron chi connectivity index (χ2n) is 13.6. The van der Waals surface area contributed by atoms with E-state index in [-0.39, 0.29) is 0 Å². The molecule has 0 saturated heterocycles. The van der Waals surface area contributed by atoms with Gasteiger partial charge in [-0.1, -0.05) is 103 Å². The first-order valence-corrected chi connectivity index (χ1v) is 17.9. The smallest absolute Gasteiger partial charge is 0.336 e. The molecule has 0 spiro atoms. The molecule has 0 saturated carbocycles. The summed E-state index contributed by atoms with van der Waals surface area (Å²) < 4.78 is 5.74. The van der Waals surface area contributed by atoms with E-state index in [9.17, 15) is 4.79 Å². The van der Waals surface area contributed by atoms with Gasteiger partial charge in [-0.15, -0.1) is 0 Å². The summed E-state index contributed by atoms with van der Waals surface area (Å²) in [6, 6.07) is 47.0. The van der Waals surface area contributed by atoms with Crippen LogP contribution in [-0.2, 0) is 0 Å². The highest BCUT2D eigenvalue weighted by molar-refractivity contribution is 6.04. The highest BCUT2D eigenvalue weighted by Crippen LogP contribution is 2.39. The molecule has 0 radical (unpaired) electrons. The Morgan fingerprint density at radius 3 is 1.31 bits per heavy atom. The third-order valence-corrected chi connectivity index (χ3v) is 10.1. The summed E-state index contributed by atoms with van der Waals surface area (Å²) in [6.07, 6.45) is 8.30. The number of aromatic nitrogens is 4. The molecule has 6 nitrogen and oxygen atoms in total. The number of aryl methyl sites for hydroxylation is 1. The highest BCUT2D eigenvalue weighted by Gasteiger charge is 2.20. The molecule has 0 unspecified atom stereocenters. The summed E-state index contributed by atoms with van der Waals surface area (Å²) in [5.41, 5.74) is 15.5. The maximum absolute atomic E-state index is 13.2. The third-order valence-electron chi connectivity index (χ3n) is 10.1. The van der Waals surface area contributed by atoms with Gasteiger partial charge in [0.1, 0.15) is 5.58 Å². The Morgan fingerprint density at radius 1 is 0.463 bits per heavy atom. The number of hydrogen-bond acceptors (Lipinski definition) is 4. The first-order valence-electron chi connectivity index (χ1n) is 17.9. The summed E-state index contributed by atoms with van der Waals surface area (Å²) in [6.45, 7) is 1.99. The maximum atomic E-state index is 13.2. The highest BCUT2D eigenvalue weighted by atomic mass is 16.4. The van der Waals surface area contributed by atoms with E-state index in [1.165, 1.54) is 0 Å². The minimum atomic E-state index is -0.424. The average Bonchev–Trinajstić information content (AvgIpc) is 4.04. The van der Waals surface area contributed by atoms with E-state index in [0.29, 0.717) is 5.58 Å². The quantitative estimate of drug-likeness (QED) is 0.179. The van der Waals surface area contributed by atoms with E-state index in [1.54, 1.807) is 6.07 Å². The van der Waals surface area contributed by atoms with Gasteiger partial charge in [0, 0.05) is 61.3 Å². The number of hydrogen-bond donors (Lipinski definition) is 2. The Bertz CT molecular complexity index is 3020. The lowest BCUT2D eigenvalue weighted by Crippen LogP contribution is -1.99. The van der Waals surface area contributed by atoms with Gasteiger partial charge in [-0.05, 0) is 83.8 Å². The Labute approximate surface area is 310 Å². The van der Waals surface area contributed by atoms with Crippen molar-refractivity contribution in [1.82, 2.24) is 19.9 Å². The number of nitrogens with zero attached hydrogens (tertiary/aromatic N) is 2. The molecule has 2 aliphatic rings. The third kappa shape index (κ3) is 5.40. The molecule has 8 aromatic rings. The zero-order valence-corrected chi connectivity index (χ0v) is 29.3. The SMILES string of the molecule is Cc1ccc2c(-c3c4nc(c(-c5ccccc5)c5ccc([nH]5)c(-c5ccccc5)c5nc(c(-c6ccccc6)c6ccc3[nH]6)C=C5)C=C4)cc(=O)oc2c1. The lowest BCUT2D eigenvalue weighted by molar-refractivity contribution is 0.561. The van der Waals surface area contributed by atoms with E-state index in [1.807, 2.05) is 73.7 Å². The molecule has 54 heavy (non-hydrogen) atoms. The van der Waals surface area contributed by atoms with Crippen molar-refractivity contribution in [1.29, 1.82) is 0 Å². The Balaban J connectivity index is 1.42. The van der Waals surface area contributed by atoms with Crippen molar-refractivity contribution in [3.63, 3.8) is 0 Å². The molecule has 0 amide bonds. The molecular formula is C48H32N4O2. The van der Waals surface area contributed by atoms with Crippen molar-refractivity contribution in [2.75, 3.05) is 0 Å². The number of fused-ring (bicyclic) bond motifs is 9. The fourth-order valence-corrected chi connectivity index (χ4v) is 7.69. The fourth-order valence-electron chi connectivity index (χ4n) is 7.69. The maximum Gasteiger partial charge on any atom is 0.336 e. The number of nitrogens with one attached hydrogen (secondary N) is 2. The molecule has 0 atom stereocenters. The normalized spacial score (nSPS) is 12.1. The second kappa shape index (κ2) is 12.7. The number of H-pyrrole nitrogens is 2. The van der Waals surface area contributed by atoms with E-state index in [2.05, 4.69) is 101 Å². The molecule has 2 N–H and O–H groups in total. The van der Waals surface area contributed by atoms with Gasteiger partial charge in [-0.2, -0.15) is 0 Å². The van der Waals surface area contributed by atoms with Crippen LogP contribution in [0.3, 0.4) is 0 Å². The summed E-state index contributed by atoms with van der Waals surface area (Å²) >= 11 is 0. The molecule has 0 aliphatic carbocycles. The van der Waals surface area contributed by atoms with Crippen LogP contribution in [-0.4, -0.2) is 19.9 Å². The molecule has 8 bridgehead atoms. The fraction of sp³-hybridized carbons (Fsp3) is 0.0208. The van der Waals surface area contributed by atoms with Crippen LogP contribution in [0.4, 0.5) is 0 Å². The van der Waals surface area contributed by atoms with E-state index >= 15 is 0 Å². The molecule has 10 rings (SSSR count). The molecule has 4 aromatic carbocycles. The molecular weight excluding hydrogens is 665 g/mol. The Hall–Kier alpha value is -7.31. The summed E-state index contributed by atoms with van der Waals surface area (Å²) in [5.74, 6) is 0. The predicted octanol–water partition coefficient (Wildman–Crippen LogP) is 11.7. The first-order chi connectivity index (χ1) is 26.6. The van der Waals surface area contributed by atoms with Gasteiger partial charge in [-0.3, -0.25) is 0 Å². The van der Waals surface area contributed by atoms with Crippen molar-refractivity contribution in [3.8, 4) is 44.5 Å². The van der Waals surface area contributed by atoms with Crippen molar-refractivity contribution in [2.45, 2.75) is 6.92 Å². The number of rotatable bonds is 4. The second-order valence-corrected chi connectivity index (χ2v) is 13.6. The topological polar surface area (TPSA) is 87.6 Å². The van der Waals surface area contributed by atoms with Gasteiger partial charge in [0.15, 0.2) is 0 Å². The zero-order valence-electron chi connectivity index (χ0n) is 29.3. The van der Waals surface area contributed by atoms with E-state index in [0.717, 1.165) is 100 Å². The predicted molar refractivity (Wildman–Crippen MR) is 221 cm³/mol. The van der Waals surface area contributed by atoms with Gasteiger partial charge >= 0.3 is 5.63 Å². The van der Waals surface area contributed by atoms with Crippen LogP contribution in [0.5, 0.6) is 0 Å². The van der Waals surface area contributed by atoms with Crippen LogP contribution in [0.15, 0.2) is 149 Å². The molecule has 0 fully saturated rings. The molecule has 6 heteroatoms. The minimum Gasteiger partial charge on any atom is -0.423 e. The standard InChI is InChI=1S/C48H32N4O2/c1-29-17-18-33-34(28-44(53)54-43(33)27-29)48-41-25-23-39(51-41)46(31-13-7-3-8-14-31)37-21-19-35(49-37)45(30-11-5-2-6-12-30)36-20-22-38(50-36)47(32-15-9-4-10-16-32)40-24-26-42(48)52-40/h2-28,49,52H,1H3. The number of aromatic amines is 2. The molecule has 256 valence electrons. The van der Waals surface area contributed by atoms with Crippen LogP contribution in [0.2, 0.25) is 0 Å². The average molecular weight is 697 g/mol. The van der Waals surface area contributed by atoms with Crippen LogP contribution < -0.4 is 5.63 Å². The van der Waals surface area contributed by atoms with E-state index < -0.39 is 5.63 Å². The van der Waals surface area contributed by atoms with Gasteiger partial charge < -0.3 is 14.4 Å². The van der Waals surface area contributed by atoms with Crippen LogP contribution in [0.25, 0.3) is 102 Å².